The number of nitrogens with zero attached hydrogens (tertiary/aromatic N) is 2. The Labute approximate surface area is 113 Å². The van der Waals surface area contributed by atoms with Crippen molar-refractivity contribution in [2.45, 2.75) is 20.3 Å². The molecule has 0 radical (unpaired) electrons. The molecule has 0 saturated carbocycles. The standard InChI is InChI=1S/C12H19Cl2N3/c1-9(2)8-17(5-3-4-15)12-11(14)6-10(13)7-16-12/h6-7,9H,3-5,8,15H2,1-2H3. The third-order valence-electron chi connectivity index (χ3n) is 2.31. The monoisotopic (exact) mass is 275 g/mol. The van der Waals surface area contributed by atoms with Crippen molar-refractivity contribution in [1.29, 1.82) is 0 Å². The molecule has 2 N–H and O–H groups in total. The Morgan fingerprint density at radius 1 is 1.41 bits per heavy atom. The van der Waals surface area contributed by atoms with E-state index < -0.39 is 0 Å². The molecule has 0 aliphatic carbocycles. The third kappa shape index (κ3) is 4.70. The van der Waals surface area contributed by atoms with Gasteiger partial charge in [-0.05, 0) is 24.9 Å². The topological polar surface area (TPSA) is 42.1 Å². The van der Waals surface area contributed by atoms with Crippen molar-refractivity contribution in [3.05, 3.63) is 22.3 Å². The lowest BCUT2D eigenvalue weighted by Crippen LogP contribution is -2.30. The third-order valence-corrected chi connectivity index (χ3v) is 2.79. The Bertz CT molecular complexity index is 356. The van der Waals surface area contributed by atoms with Gasteiger partial charge in [-0.3, -0.25) is 0 Å². The highest BCUT2D eigenvalue weighted by molar-refractivity contribution is 6.36. The molecule has 0 unspecified atom stereocenters. The number of hydrogen-bond donors (Lipinski definition) is 1. The second kappa shape index (κ2) is 7.04. The molecule has 0 amide bonds. The number of nitrogens with two attached hydrogens (primary N) is 1. The average molecular weight is 276 g/mol. The van der Waals surface area contributed by atoms with Crippen LogP contribution in [0.25, 0.3) is 0 Å². The van der Waals surface area contributed by atoms with E-state index in [9.17, 15) is 0 Å². The van der Waals surface area contributed by atoms with Crippen molar-refractivity contribution in [1.82, 2.24) is 4.98 Å². The molecule has 3 nitrogen and oxygen atoms in total. The van der Waals surface area contributed by atoms with Crippen LogP contribution in [0.15, 0.2) is 12.3 Å². The molecular weight excluding hydrogens is 257 g/mol. The molecule has 1 aromatic rings. The summed E-state index contributed by atoms with van der Waals surface area (Å²) in [5, 5.41) is 1.15. The Kier molecular flexibility index (Phi) is 6.03. The molecule has 1 heterocycles. The molecule has 1 aromatic heterocycles. The summed E-state index contributed by atoms with van der Waals surface area (Å²) < 4.78 is 0. The van der Waals surface area contributed by atoms with Crippen molar-refractivity contribution >= 4 is 29.0 Å². The summed E-state index contributed by atoms with van der Waals surface area (Å²) in [5.74, 6) is 1.33. The molecule has 0 aliphatic heterocycles. The highest BCUT2D eigenvalue weighted by Gasteiger charge is 2.13. The zero-order valence-electron chi connectivity index (χ0n) is 10.3. The summed E-state index contributed by atoms with van der Waals surface area (Å²) in [5.41, 5.74) is 5.55. The van der Waals surface area contributed by atoms with Crippen LogP contribution in [0.5, 0.6) is 0 Å². The molecule has 0 atom stereocenters. The number of halogens is 2. The molecule has 5 heteroatoms. The van der Waals surface area contributed by atoms with Gasteiger partial charge in [0.15, 0.2) is 0 Å². The number of anilines is 1. The quantitative estimate of drug-likeness (QED) is 0.867. The first kappa shape index (κ1) is 14.6. The first-order chi connectivity index (χ1) is 8.04. The largest absolute Gasteiger partial charge is 0.355 e. The fourth-order valence-electron chi connectivity index (χ4n) is 1.65. The van der Waals surface area contributed by atoms with E-state index in [1.165, 1.54) is 0 Å². The molecule has 96 valence electrons. The molecule has 0 aliphatic rings. The lowest BCUT2D eigenvalue weighted by atomic mass is 10.2. The summed E-state index contributed by atoms with van der Waals surface area (Å²) in [7, 11) is 0. The molecular formula is C12H19Cl2N3. The molecule has 17 heavy (non-hydrogen) atoms. The van der Waals surface area contributed by atoms with Crippen molar-refractivity contribution < 1.29 is 0 Å². The summed E-state index contributed by atoms with van der Waals surface area (Å²) >= 11 is 12.0. The summed E-state index contributed by atoms with van der Waals surface area (Å²) in [6.45, 7) is 6.77. The van der Waals surface area contributed by atoms with Gasteiger partial charge in [-0.25, -0.2) is 4.98 Å². The SMILES string of the molecule is CC(C)CN(CCCN)c1ncc(Cl)cc1Cl. The van der Waals surface area contributed by atoms with E-state index in [1.807, 2.05) is 0 Å². The first-order valence-corrected chi connectivity index (χ1v) is 6.56. The van der Waals surface area contributed by atoms with Gasteiger partial charge in [0.2, 0.25) is 0 Å². The molecule has 0 spiro atoms. The maximum atomic E-state index is 6.17. The van der Waals surface area contributed by atoms with Crippen LogP contribution in [-0.2, 0) is 0 Å². The summed E-state index contributed by atoms with van der Waals surface area (Å²) in [4.78, 5) is 6.47. The highest BCUT2D eigenvalue weighted by atomic mass is 35.5. The van der Waals surface area contributed by atoms with Crippen LogP contribution in [0.4, 0.5) is 5.82 Å². The van der Waals surface area contributed by atoms with Crippen molar-refractivity contribution in [3.8, 4) is 0 Å². The molecule has 1 rings (SSSR count). The smallest absolute Gasteiger partial charge is 0.147 e. The van der Waals surface area contributed by atoms with Gasteiger partial charge in [0, 0.05) is 19.3 Å². The van der Waals surface area contributed by atoms with E-state index >= 15 is 0 Å². The van der Waals surface area contributed by atoms with Gasteiger partial charge in [-0.2, -0.15) is 0 Å². The highest BCUT2D eigenvalue weighted by Crippen LogP contribution is 2.26. The van der Waals surface area contributed by atoms with Crippen LogP contribution in [0, 0.1) is 5.92 Å². The average Bonchev–Trinajstić information content (AvgIpc) is 2.24. The number of aromatic nitrogens is 1. The second-order valence-electron chi connectivity index (χ2n) is 4.44. The van der Waals surface area contributed by atoms with Crippen LogP contribution >= 0.6 is 23.2 Å². The maximum Gasteiger partial charge on any atom is 0.147 e. The fraction of sp³-hybridized carbons (Fsp3) is 0.583. The number of hydrogen-bond acceptors (Lipinski definition) is 3. The van der Waals surface area contributed by atoms with Crippen LogP contribution < -0.4 is 10.6 Å². The van der Waals surface area contributed by atoms with Crippen LogP contribution in [0.3, 0.4) is 0 Å². The Morgan fingerprint density at radius 3 is 2.65 bits per heavy atom. The van der Waals surface area contributed by atoms with Gasteiger partial charge >= 0.3 is 0 Å². The number of pyridine rings is 1. The van der Waals surface area contributed by atoms with Crippen LogP contribution in [-0.4, -0.2) is 24.6 Å². The van der Waals surface area contributed by atoms with Crippen molar-refractivity contribution in [2.24, 2.45) is 11.7 Å². The molecule has 0 fully saturated rings. The van der Waals surface area contributed by atoms with Gasteiger partial charge < -0.3 is 10.6 Å². The maximum absolute atomic E-state index is 6.17. The summed E-state index contributed by atoms with van der Waals surface area (Å²) in [6, 6.07) is 1.72. The van der Waals surface area contributed by atoms with Gasteiger partial charge in [-0.1, -0.05) is 37.0 Å². The van der Waals surface area contributed by atoms with E-state index in [-0.39, 0.29) is 0 Å². The van der Waals surface area contributed by atoms with E-state index in [4.69, 9.17) is 28.9 Å². The zero-order valence-corrected chi connectivity index (χ0v) is 11.8. The normalized spacial score (nSPS) is 10.9. The van der Waals surface area contributed by atoms with Gasteiger partial charge in [0.05, 0.1) is 10.0 Å². The van der Waals surface area contributed by atoms with Gasteiger partial charge in [0.25, 0.3) is 0 Å². The Morgan fingerprint density at radius 2 is 2.12 bits per heavy atom. The van der Waals surface area contributed by atoms with E-state index in [1.54, 1.807) is 12.3 Å². The number of rotatable bonds is 6. The van der Waals surface area contributed by atoms with Gasteiger partial charge in [-0.15, -0.1) is 0 Å². The fourth-order valence-corrected chi connectivity index (χ4v) is 2.15. The minimum Gasteiger partial charge on any atom is -0.355 e. The second-order valence-corrected chi connectivity index (χ2v) is 5.28. The minimum atomic E-state index is 0.543. The van der Waals surface area contributed by atoms with Crippen molar-refractivity contribution in [2.75, 3.05) is 24.5 Å². The Balaban J connectivity index is 2.86. The van der Waals surface area contributed by atoms with E-state index in [0.717, 1.165) is 25.3 Å². The lowest BCUT2D eigenvalue weighted by molar-refractivity contribution is 0.596. The Hall–Kier alpha value is -0.510. The first-order valence-electron chi connectivity index (χ1n) is 5.80. The summed E-state index contributed by atoms with van der Waals surface area (Å²) in [6.07, 6.45) is 2.55. The predicted molar refractivity (Wildman–Crippen MR) is 75.0 cm³/mol. The molecule has 0 aromatic carbocycles. The van der Waals surface area contributed by atoms with E-state index in [0.29, 0.717) is 22.5 Å². The van der Waals surface area contributed by atoms with Crippen LogP contribution in [0.2, 0.25) is 10.0 Å². The zero-order chi connectivity index (χ0) is 12.8. The molecule has 0 bridgehead atoms. The lowest BCUT2D eigenvalue weighted by Gasteiger charge is -2.26. The predicted octanol–water partition coefficient (Wildman–Crippen LogP) is 3.20. The molecule has 0 saturated heterocycles. The van der Waals surface area contributed by atoms with Gasteiger partial charge in [0.1, 0.15) is 5.82 Å². The minimum absolute atomic E-state index is 0.543. The van der Waals surface area contributed by atoms with Crippen LogP contribution in [0.1, 0.15) is 20.3 Å². The van der Waals surface area contributed by atoms with Crippen molar-refractivity contribution in [3.63, 3.8) is 0 Å². The van der Waals surface area contributed by atoms with E-state index in [2.05, 4.69) is 23.7 Å².